The van der Waals surface area contributed by atoms with Crippen LogP contribution in [0, 0.1) is 11.8 Å². The van der Waals surface area contributed by atoms with Crippen LogP contribution in [0.4, 0.5) is 0 Å². The molecule has 1 aromatic rings. The molecule has 2 bridgehead atoms. The first-order valence-electron chi connectivity index (χ1n) is 8.85. The Hall–Kier alpha value is -1.46. The molecular formula is C19H29N3O2. The van der Waals surface area contributed by atoms with Gasteiger partial charge in [0.1, 0.15) is 11.3 Å². The van der Waals surface area contributed by atoms with Gasteiger partial charge in [-0.05, 0) is 51.3 Å². The van der Waals surface area contributed by atoms with E-state index in [0.717, 1.165) is 31.5 Å². The zero-order valence-electron chi connectivity index (χ0n) is 15.2. The van der Waals surface area contributed by atoms with Crippen molar-refractivity contribution >= 4 is 5.91 Å². The van der Waals surface area contributed by atoms with Crippen LogP contribution in [0.15, 0.2) is 18.3 Å². The number of carbonyl (C=O) groups excluding carboxylic acids is 1. The number of likely N-dealkylation sites (tertiary alicyclic amines) is 1. The second-order valence-electron chi connectivity index (χ2n) is 8.19. The third-order valence-electron chi connectivity index (χ3n) is 5.95. The number of pyridine rings is 1. The summed E-state index contributed by atoms with van der Waals surface area (Å²) in [6.07, 6.45) is 5.21. The van der Waals surface area contributed by atoms with Crippen LogP contribution in [0.5, 0.6) is 0 Å². The van der Waals surface area contributed by atoms with Crippen molar-refractivity contribution in [2.24, 2.45) is 17.6 Å². The van der Waals surface area contributed by atoms with Crippen molar-refractivity contribution < 1.29 is 9.53 Å². The molecule has 5 heteroatoms. The molecule has 1 amide bonds. The highest BCUT2D eigenvalue weighted by Gasteiger charge is 2.54. The average Bonchev–Trinajstić information content (AvgIpc) is 2.52. The van der Waals surface area contributed by atoms with Gasteiger partial charge in [-0.2, -0.15) is 0 Å². The Bertz CT molecular complexity index is 609. The van der Waals surface area contributed by atoms with Crippen LogP contribution in [0.1, 0.15) is 56.1 Å². The van der Waals surface area contributed by atoms with Crippen LogP contribution in [0.2, 0.25) is 0 Å². The molecule has 5 nitrogen and oxygen atoms in total. The van der Waals surface area contributed by atoms with E-state index in [1.54, 1.807) is 6.20 Å². The smallest absolute Gasteiger partial charge is 0.267 e. The van der Waals surface area contributed by atoms with Gasteiger partial charge in [0.15, 0.2) is 0 Å². The van der Waals surface area contributed by atoms with Crippen molar-refractivity contribution in [3.05, 3.63) is 29.6 Å². The van der Waals surface area contributed by atoms with Gasteiger partial charge in [-0.25, -0.2) is 0 Å². The van der Waals surface area contributed by atoms with E-state index >= 15 is 0 Å². The summed E-state index contributed by atoms with van der Waals surface area (Å²) in [6.45, 7) is 8.87. The predicted molar refractivity (Wildman–Crippen MR) is 93.6 cm³/mol. The number of nitrogens with two attached hydrogens (primary N) is 1. The second-order valence-corrected chi connectivity index (χ2v) is 8.19. The topological polar surface area (TPSA) is 68.5 Å². The molecule has 132 valence electrons. The van der Waals surface area contributed by atoms with E-state index in [4.69, 9.17) is 10.5 Å². The standard InChI is InChI=1S/C19H29N3O2/c1-18(2,3)22-11-14-6-5-7-15(12-22)19(14,24-4)13-8-9-21-16(10-13)17(20)23/h8-10,14-15H,5-7,11-12H2,1-4H3,(H2,20,23)/t14-,15+,19-. The Labute approximate surface area is 144 Å². The molecule has 1 aliphatic carbocycles. The minimum atomic E-state index is -0.486. The number of rotatable bonds is 3. The molecule has 3 atom stereocenters. The molecule has 2 aliphatic rings. The summed E-state index contributed by atoms with van der Waals surface area (Å²) in [6, 6.07) is 3.83. The van der Waals surface area contributed by atoms with Gasteiger partial charge in [-0.3, -0.25) is 14.7 Å². The lowest BCUT2D eigenvalue weighted by Gasteiger charge is -2.57. The van der Waals surface area contributed by atoms with Crippen LogP contribution in [0.25, 0.3) is 0 Å². The number of methoxy groups -OCH3 is 1. The first-order chi connectivity index (χ1) is 11.3. The Morgan fingerprint density at radius 1 is 1.33 bits per heavy atom. The molecule has 0 unspecified atom stereocenters. The molecule has 1 saturated heterocycles. The number of hydrogen-bond acceptors (Lipinski definition) is 4. The van der Waals surface area contributed by atoms with E-state index in [1.807, 2.05) is 19.2 Å². The molecule has 1 aromatic heterocycles. The summed E-state index contributed by atoms with van der Waals surface area (Å²) < 4.78 is 6.22. The maximum atomic E-state index is 11.6. The number of piperidine rings is 1. The van der Waals surface area contributed by atoms with Crippen molar-refractivity contribution in [1.29, 1.82) is 0 Å². The Balaban J connectivity index is 2.03. The molecule has 0 radical (unpaired) electrons. The molecule has 1 aliphatic heterocycles. The maximum Gasteiger partial charge on any atom is 0.267 e. The van der Waals surface area contributed by atoms with Gasteiger partial charge in [0.25, 0.3) is 5.91 Å². The third-order valence-corrected chi connectivity index (χ3v) is 5.95. The van der Waals surface area contributed by atoms with E-state index in [9.17, 15) is 4.79 Å². The zero-order chi connectivity index (χ0) is 17.5. The van der Waals surface area contributed by atoms with E-state index < -0.39 is 5.91 Å². The molecule has 0 aromatic carbocycles. The number of fused-ring (bicyclic) bond motifs is 2. The lowest BCUT2D eigenvalue weighted by molar-refractivity contribution is -0.179. The number of nitrogens with zero attached hydrogens (tertiary/aromatic N) is 2. The molecule has 2 heterocycles. The van der Waals surface area contributed by atoms with Gasteiger partial charge in [-0.15, -0.1) is 0 Å². The number of hydrogen-bond donors (Lipinski definition) is 1. The zero-order valence-corrected chi connectivity index (χ0v) is 15.2. The van der Waals surface area contributed by atoms with Gasteiger partial charge in [0, 0.05) is 43.8 Å². The quantitative estimate of drug-likeness (QED) is 0.924. The number of ether oxygens (including phenoxy) is 1. The van der Waals surface area contributed by atoms with Crippen LogP contribution >= 0.6 is 0 Å². The monoisotopic (exact) mass is 331 g/mol. The van der Waals surface area contributed by atoms with Crippen molar-refractivity contribution in [2.45, 2.75) is 51.2 Å². The van der Waals surface area contributed by atoms with Gasteiger partial charge in [0.2, 0.25) is 0 Å². The van der Waals surface area contributed by atoms with E-state index in [1.165, 1.54) is 6.42 Å². The second kappa shape index (κ2) is 6.12. The first kappa shape index (κ1) is 17.4. The number of aromatic nitrogens is 1. The van der Waals surface area contributed by atoms with Gasteiger partial charge >= 0.3 is 0 Å². The average molecular weight is 331 g/mol. The SMILES string of the molecule is CO[C@]1(c2ccnc(C(N)=O)c2)[C@@H]2CCC[C@H]1CN(C(C)(C)C)C2. The normalized spacial score (nSPS) is 31.0. The van der Waals surface area contributed by atoms with Crippen LogP contribution in [-0.4, -0.2) is 41.5 Å². The van der Waals surface area contributed by atoms with Crippen molar-refractivity contribution in [2.75, 3.05) is 20.2 Å². The van der Waals surface area contributed by atoms with Crippen molar-refractivity contribution in [1.82, 2.24) is 9.88 Å². The maximum absolute atomic E-state index is 11.6. The third kappa shape index (κ3) is 2.74. The molecular weight excluding hydrogens is 302 g/mol. The summed E-state index contributed by atoms with van der Waals surface area (Å²) in [7, 11) is 1.81. The Morgan fingerprint density at radius 2 is 1.96 bits per heavy atom. The molecule has 24 heavy (non-hydrogen) atoms. The molecule has 2 fully saturated rings. The highest BCUT2D eigenvalue weighted by molar-refractivity contribution is 5.90. The predicted octanol–water partition coefficient (Wildman–Crippen LogP) is 2.55. The highest BCUT2D eigenvalue weighted by Crippen LogP contribution is 2.52. The largest absolute Gasteiger partial charge is 0.373 e. The minimum Gasteiger partial charge on any atom is -0.373 e. The van der Waals surface area contributed by atoms with Crippen LogP contribution in [-0.2, 0) is 10.3 Å². The minimum absolute atomic E-state index is 0.157. The van der Waals surface area contributed by atoms with E-state index in [-0.39, 0.29) is 11.1 Å². The van der Waals surface area contributed by atoms with Crippen molar-refractivity contribution in [3.63, 3.8) is 0 Å². The summed E-state index contributed by atoms with van der Waals surface area (Å²) in [5.74, 6) is 0.343. The Kier molecular flexibility index (Phi) is 4.43. The lowest BCUT2D eigenvalue weighted by atomic mass is 9.62. The summed E-state index contributed by atoms with van der Waals surface area (Å²) in [5, 5.41) is 0. The Morgan fingerprint density at radius 3 is 2.46 bits per heavy atom. The first-order valence-corrected chi connectivity index (χ1v) is 8.85. The fourth-order valence-electron chi connectivity index (χ4n) is 4.71. The number of amides is 1. The molecule has 1 saturated carbocycles. The molecule has 2 N–H and O–H groups in total. The van der Waals surface area contributed by atoms with Crippen molar-refractivity contribution in [3.8, 4) is 0 Å². The number of carbonyl (C=O) groups is 1. The fraction of sp³-hybridized carbons (Fsp3) is 0.684. The van der Waals surface area contributed by atoms with Crippen LogP contribution in [0.3, 0.4) is 0 Å². The lowest BCUT2D eigenvalue weighted by Crippen LogP contribution is -2.62. The van der Waals surface area contributed by atoms with Gasteiger partial charge < -0.3 is 10.5 Å². The summed E-state index contributed by atoms with van der Waals surface area (Å²) in [5.41, 5.74) is 6.63. The highest BCUT2D eigenvalue weighted by atomic mass is 16.5. The van der Waals surface area contributed by atoms with E-state index in [0.29, 0.717) is 17.5 Å². The molecule has 3 rings (SSSR count). The van der Waals surface area contributed by atoms with Gasteiger partial charge in [-0.1, -0.05) is 6.42 Å². The van der Waals surface area contributed by atoms with Crippen LogP contribution < -0.4 is 5.73 Å². The molecule has 0 spiro atoms. The fourth-order valence-corrected chi connectivity index (χ4v) is 4.71. The summed E-state index contributed by atoms with van der Waals surface area (Å²) >= 11 is 0. The number of primary amides is 1. The van der Waals surface area contributed by atoms with E-state index in [2.05, 4.69) is 30.7 Å². The van der Waals surface area contributed by atoms with Gasteiger partial charge in [0.05, 0.1) is 0 Å². The summed E-state index contributed by atoms with van der Waals surface area (Å²) in [4.78, 5) is 18.3.